The molecular weight excluding hydrogens is 364 g/mol. The van der Waals surface area contributed by atoms with Crippen molar-refractivity contribution in [1.82, 2.24) is 15.1 Å². The second-order valence-electron chi connectivity index (χ2n) is 7.40. The third-order valence-electron chi connectivity index (χ3n) is 5.30. The van der Waals surface area contributed by atoms with E-state index in [4.69, 9.17) is 0 Å². The molecule has 0 aliphatic carbocycles. The number of likely N-dealkylation sites (N-methyl/N-ethyl adjacent to an activating group) is 1. The number of rotatable bonds is 7. The fraction of sp³-hybridized carbons (Fsp3) is 0.632. The number of hydrogen-bond donors (Lipinski definition) is 1. The van der Waals surface area contributed by atoms with E-state index in [1.807, 2.05) is 0 Å². The zero-order valence-corrected chi connectivity index (χ0v) is 16.9. The number of hydrogen-bond acceptors (Lipinski definition) is 5. The molecule has 0 aromatic heterocycles. The van der Waals surface area contributed by atoms with Gasteiger partial charge in [-0.05, 0) is 57.1 Å². The Morgan fingerprint density at radius 1 is 1.04 bits per heavy atom. The molecule has 1 amide bonds. The summed E-state index contributed by atoms with van der Waals surface area (Å²) in [5, 5.41) is 2.95. The molecule has 8 heteroatoms. The van der Waals surface area contributed by atoms with Gasteiger partial charge in [0.05, 0.1) is 11.4 Å². The third-order valence-corrected chi connectivity index (χ3v) is 7.17. The van der Waals surface area contributed by atoms with Crippen LogP contribution in [-0.2, 0) is 10.0 Å². The molecule has 1 aromatic carbocycles. The lowest BCUT2D eigenvalue weighted by Crippen LogP contribution is -2.44. The molecule has 3 rings (SSSR count). The number of sulfonamides is 1. The second-order valence-corrected chi connectivity index (χ2v) is 9.41. The van der Waals surface area contributed by atoms with Gasteiger partial charge in [-0.2, -0.15) is 0 Å². The summed E-state index contributed by atoms with van der Waals surface area (Å²) in [5.41, 5.74) is 1.20. The fourth-order valence-corrected chi connectivity index (χ4v) is 5.11. The van der Waals surface area contributed by atoms with E-state index in [1.165, 1.54) is 4.31 Å². The number of nitrogens with zero attached hydrogens (tertiary/aromatic N) is 3. The first-order valence-electron chi connectivity index (χ1n) is 9.75. The van der Waals surface area contributed by atoms with Crippen molar-refractivity contribution in [2.24, 2.45) is 0 Å². The smallest absolute Gasteiger partial charge is 0.251 e. The van der Waals surface area contributed by atoms with Gasteiger partial charge in [0.2, 0.25) is 10.0 Å². The minimum atomic E-state index is -3.18. The van der Waals surface area contributed by atoms with Crippen LogP contribution in [0.25, 0.3) is 0 Å². The average molecular weight is 395 g/mol. The van der Waals surface area contributed by atoms with Crippen molar-refractivity contribution in [3.05, 3.63) is 29.8 Å². The molecule has 2 fully saturated rings. The maximum absolute atomic E-state index is 12.2. The molecule has 2 aliphatic heterocycles. The number of benzene rings is 1. The number of carbonyl (C=O) groups excluding carboxylic acids is 1. The predicted molar refractivity (Wildman–Crippen MR) is 108 cm³/mol. The van der Waals surface area contributed by atoms with Crippen molar-refractivity contribution < 1.29 is 13.2 Å². The maximum Gasteiger partial charge on any atom is 0.251 e. The van der Waals surface area contributed by atoms with Gasteiger partial charge in [0, 0.05) is 44.8 Å². The van der Waals surface area contributed by atoms with Crippen LogP contribution in [0.3, 0.4) is 0 Å². The first-order valence-corrected chi connectivity index (χ1v) is 11.4. The van der Waals surface area contributed by atoms with Crippen LogP contribution in [0, 0.1) is 0 Å². The van der Waals surface area contributed by atoms with E-state index in [1.54, 1.807) is 24.3 Å². The Morgan fingerprint density at radius 3 is 2.37 bits per heavy atom. The Kier molecular flexibility index (Phi) is 6.73. The molecule has 2 heterocycles. The van der Waals surface area contributed by atoms with E-state index in [-0.39, 0.29) is 11.7 Å². The first-order chi connectivity index (χ1) is 13.0. The van der Waals surface area contributed by atoms with Crippen LogP contribution in [0.4, 0.5) is 5.69 Å². The zero-order chi connectivity index (χ0) is 19.3. The SMILES string of the molecule is CN1CCN(CCCCNC(=O)c2ccc(N3CCCS3(=O)=O)cc2)CC1. The number of anilines is 1. The van der Waals surface area contributed by atoms with Crippen LogP contribution >= 0.6 is 0 Å². The lowest BCUT2D eigenvalue weighted by Gasteiger charge is -2.32. The van der Waals surface area contributed by atoms with Crippen molar-refractivity contribution in [1.29, 1.82) is 0 Å². The number of piperazine rings is 1. The molecule has 150 valence electrons. The van der Waals surface area contributed by atoms with Crippen molar-refractivity contribution >= 4 is 21.6 Å². The van der Waals surface area contributed by atoms with E-state index in [0.717, 1.165) is 45.6 Å². The number of nitrogens with one attached hydrogen (secondary N) is 1. The van der Waals surface area contributed by atoms with Gasteiger partial charge in [0.15, 0.2) is 0 Å². The van der Waals surface area contributed by atoms with Gasteiger partial charge in [-0.3, -0.25) is 9.10 Å². The van der Waals surface area contributed by atoms with E-state index >= 15 is 0 Å². The zero-order valence-electron chi connectivity index (χ0n) is 16.1. The number of amides is 1. The summed E-state index contributed by atoms with van der Waals surface area (Å²) in [5.74, 6) is 0.0917. The highest BCUT2D eigenvalue weighted by Crippen LogP contribution is 2.24. The maximum atomic E-state index is 12.2. The molecule has 1 aromatic rings. The fourth-order valence-electron chi connectivity index (χ4n) is 3.54. The third kappa shape index (κ3) is 5.43. The lowest BCUT2D eigenvalue weighted by atomic mass is 10.2. The van der Waals surface area contributed by atoms with Crippen molar-refractivity contribution in [3.63, 3.8) is 0 Å². The minimum Gasteiger partial charge on any atom is -0.352 e. The Bertz CT molecular complexity index is 728. The topological polar surface area (TPSA) is 73.0 Å². The average Bonchev–Trinajstić information content (AvgIpc) is 3.02. The standard InChI is InChI=1S/C19H30N4O3S/c1-21-12-14-22(15-13-21)10-3-2-9-20-19(24)17-5-7-18(8-6-17)23-11-4-16-27(23,25)26/h5-8H,2-4,9-16H2,1H3,(H,20,24). The van der Waals surface area contributed by atoms with Crippen molar-refractivity contribution in [3.8, 4) is 0 Å². The summed E-state index contributed by atoms with van der Waals surface area (Å²) in [6.45, 7) is 6.78. The monoisotopic (exact) mass is 394 g/mol. The Hall–Kier alpha value is -1.64. The molecule has 1 N–H and O–H groups in total. The van der Waals surface area contributed by atoms with Crippen LogP contribution in [0.15, 0.2) is 24.3 Å². The van der Waals surface area contributed by atoms with Crippen LogP contribution in [0.1, 0.15) is 29.6 Å². The van der Waals surface area contributed by atoms with Crippen LogP contribution in [-0.4, -0.2) is 82.7 Å². The summed E-state index contributed by atoms with van der Waals surface area (Å²) < 4.78 is 25.3. The van der Waals surface area contributed by atoms with Crippen LogP contribution < -0.4 is 9.62 Å². The van der Waals surface area contributed by atoms with Crippen LogP contribution in [0.2, 0.25) is 0 Å². The molecule has 0 spiro atoms. The van der Waals surface area contributed by atoms with Gasteiger partial charge in [-0.25, -0.2) is 8.42 Å². The van der Waals surface area contributed by atoms with Crippen molar-refractivity contribution in [2.45, 2.75) is 19.3 Å². The van der Waals surface area contributed by atoms with E-state index < -0.39 is 10.0 Å². The molecule has 0 saturated carbocycles. The van der Waals surface area contributed by atoms with Crippen LogP contribution in [0.5, 0.6) is 0 Å². The molecular formula is C19H30N4O3S. The number of carbonyl (C=O) groups is 1. The quantitative estimate of drug-likeness (QED) is 0.698. The number of unbranched alkanes of at least 4 members (excludes halogenated alkanes) is 1. The van der Waals surface area contributed by atoms with E-state index in [9.17, 15) is 13.2 Å². The Morgan fingerprint density at radius 2 is 1.74 bits per heavy atom. The van der Waals surface area contributed by atoms with Gasteiger partial charge in [-0.1, -0.05) is 0 Å². The summed E-state index contributed by atoms with van der Waals surface area (Å²) >= 11 is 0. The first kappa shape index (κ1) is 20.1. The highest BCUT2D eigenvalue weighted by molar-refractivity contribution is 7.93. The minimum absolute atomic E-state index is 0.106. The molecule has 0 bridgehead atoms. The van der Waals surface area contributed by atoms with Gasteiger partial charge < -0.3 is 15.1 Å². The van der Waals surface area contributed by atoms with E-state index in [2.05, 4.69) is 22.2 Å². The molecule has 2 saturated heterocycles. The van der Waals surface area contributed by atoms with Gasteiger partial charge in [0.1, 0.15) is 0 Å². The molecule has 7 nitrogen and oxygen atoms in total. The van der Waals surface area contributed by atoms with Gasteiger partial charge in [-0.15, -0.1) is 0 Å². The molecule has 0 unspecified atom stereocenters. The normalized spacial score (nSPS) is 20.7. The summed E-state index contributed by atoms with van der Waals surface area (Å²) in [4.78, 5) is 17.1. The second kappa shape index (κ2) is 9.03. The summed E-state index contributed by atoms with van der Waals surface area (Å²) in [7, 11) is -1.02. The molecule has 27 heavy (non-hydrogen) atoms. The Labute approximate surface area is 162 Å². The summed E-state index contributed by atoms with van der Waals surface area (Å²) in [6.07, 6.45) is 2.69. The summed E-state index contributed by atoms with van der Waals surface area (Å²) in [6, 6.07) is 6.82. The van der Waals surface area contributed by atoms with Gasteiger partial charge in [0.25, 0.3) is 5.91 Å². The molecule has 0 atom stereocenters. The molecule has 0 radical (unpaired) electrons. The largest absolute Gasteiger partial charge is 0.352 e. The van der Waals surface area contributed by atoms with Gasteiger partial charge >= 0.3 is 0 Å². The van der Waals surface area contributed by atoms with Crippen molar-refractivity contribution in [2.75, 3.05) is 62.9 Å². The highest BCUT2D eigenvalue weighted by atomic mass is 32.2. The molecule has 2 aliphatic rings. The Balaban J connectivity index is 1.38. The lowest BCUT2D eigenvalue weighted by molar-refractivity contribution is 0.0952. The highest BCUT2D eigenvalue weighted by Gasteiger charge is 2.28. The van der Waals surface area contributed by atoms with E-state index in [0.29, 0.717) is 30.8 Å². The predicted octanol–water partition coefficient (Wildman–Crippen LogP) is 0.984.